The Balaban J connectivity index is 1.24. The minimum absolute atomic E-state index is 0.890. The molecular weight excluding hydrogens is 589 g/mol. The molecule has 0 saturated heterocycles. The van der Waals surface area contributed by atoms with Gasteiger partial charge in [0.15, 0.2) is 5.16 Å². The van der Waals surface area contributed by atoms with Gasteiger partial charge < -0.3 is 0 Å². The Morgan fingerprint density at radius 1 is 0.426 bits per heavy atom. The lowest BCUT2D eigenvalue weighted by molar-refractivity contribution is 0.878. The van der Waals surface area contributed by atoms with Gasteiger partial charge in [-0.3, -0.25) is 4.57 Å². The van der Waals surface area contributed by atoms with Crippen LogP contribution in [0.2, 0.25) is 0 Å². The van der Waals surface area contributed by atoms with Gasteiger partial charge in [0.05, 0.1) is 17.1 Å². The molecule has 0 saturated carbocycles. The van der Waals surface area contributed by atoms with Crippen LogP contribution in [0, 0.1) is 0 Å². The number of rotatable bonds is 5. The summed E-state index contributed by atoms with van der Waals surface area (Å²) in [6.07, 6.45) is 0. The van der Waals surface area contributed by atoms with Crippen LogP contribution < -0.4 is 0 Å². The highest BCUT2D eigenvalue weighted by Crippen LogP contribution is 2.44. The minimum Gasteiger partial charge on any atom is -0.286 e. The second-order valence-corrected chi connectivity index (χ2v) is 13.0. The molecule has 0 radical (unpaired) electrons. The number of imidazole rings is 1. The first-order chi connectivity index (χ1) is 23.3. The Labute approximate surface area is 279 Å². The zero-order chi connectivity index (χ0) is 31.2. The lowest BCUT2D eigenvalue weighted by atomic mass is 9.92. The van der Waals surface area contributed by atoms with E-state index in [0.29, 0.717) is 0 Å². The molecule has 0 aliphatic carbocycles. The fourth-order valence-corrected chi connectivity index (χ4v) is 7.73. The molecule has 2 heterocycles. The van der Waals surface area contributed by atoms with Gasteiger partial charge in [-0.25, -0.2) is 4.98 Å². The maximum Gasteiger partial charge on any atom is 0.174 e. The normalized spacial score (nSPS) is 12.1. The van der Waals surface area contributed by atoms with Crippen molar-refractivity contribution in [2.75, 3.05) is 0 Å². The molecule has 47 heavy (non-hydrogen) atoms. The van der Waals surface area contributed by atoms with E-state index in [2.05, 4.69) is 174 Å². The van der Waals surface area contributed by atoms with Crippen molar-refractivity contribution >= 4 is 22.5 Å². The number of hydrogen-bond acceptors (Lipinski definition) is 2. The van der Waals surface area contributed by atoms with Crippen molar-refractivity contribution in [2.45, 2.75) is 10.9 Å². The molecule has 0 spiro atoms. The van der Waals surface area contributed by atoms with E-state index in [0.717, 1.165) is 33.4 Å². The van der Waals surface area contributed by atoms with E-state index in [4.69, 9.17) is 4.98 Å². The molecule has 222 valence electrons. The third-order valence-electron chi connectivity index (χ3n) is 9.08. The van der Waals surface area contributed by atoms with Crippen LogP contribution in [0.3, 0.4) is 0 Å². The molecular formula is C44H30N2S. The highest BCUT2D eigenvalue weighted by molar-refractivity contribution is 7.98. The Kier molecular flexibility index (Phi) is 6.84. The molecule has 1 aliphatic heterocycles. The number of benzene rings is 7. The second-order valence-electron chi connectivity index (χ2n) is 12.0. The molecule has 9 rings (SSSR count). The summed E-state index contributed by atoms with van der Waals surface area (Å²) in [6.45, 7) is 0. The summed E-state index contributed by atoms with van der Waals surface area (Å²) in [7, 11) is 0. The quantitative estimate of drug-likeness (QED) is 0.191. The third kappa shape index (κ3) is 5.06. The van der Waals surface area contributed by atoms with Crippen molar-refractivity contribution in [3.05, 3.63) is 175 Å². The Morgan fingerprint density at radius 2 is 0.979 bits per heavy atom. The van der Waals surface area contributed by atoms with Gasteiger partial charge in [-0.15, -0.1) is 0 Å². The van der Waals surface area contributed by atoms with Crippen molar-refractivity contribution in [3.63, 3.8) is 0 Å². The smallest absolute Gasteiger partial charge is 0.174 e. The van der Waals surface area contributed by atoms with Gasteiger partial charge in [0.2, 0.25) is 0 Å². The highest BCUT2D eigenvalue weighted by Gasteiger charge is 2.26. The summed E-state index contributed by atoms with van der Waals surface area (Å²) in [4.78, 5) is 5.26. The first-order valence-corrected chi connectivity index (χ1v) is 17.0. The van der Waals surface area contributed by atoms with Crippen molar-refractivity contribution in [2.24, 2.45) is 0 Å². The molecule has 1 aromatic heterocycles. The van der Waals surface area contributed by atoms with Crippen LogP contribution >= 0.6 is 11.8 Å². The van der Waals surface area contributed by atoms with Gasteiger partial charge >= 0.3 is 0 Å². The lowest BCUT2D eigenvalue weighted by Crippen LogP contribution is -2.07. The molecule has 0 atom stereocenters. The fraction of sp³-hybridized carbons (Fsp3) is 0.0227. The van der Waals surface area contributed by atoms with Crippen molar-refractivity contribution in [1.29, 1.82) is 0 Å². The largest absolute Gasteiger partial charge is 0.286 e. The molecule has 0 N–H and O–H groups in total. The molecule has 7 aromatic carbocycles. The number of aromatic nitrogens is 2. The van der Waals surface area contributed by atoms with Crippen molar-refractivity contribution in [3.8, 4) is 61.6 Å². The summed E-state index contributed by atoms with van der Waals surface area (Å²) < 4.78 is 2.38. The Bertz CT molecular complexity index is 2390. The fourth-order valence-electron chi connectivity index (χ4n) is 6.72. The van der Waals surface area contributed by atoms with E-state index in [1.54, 1.807) is 0 Å². The standard InChI is InChI=1S/C44H30N2S/c1-4-12-30(13-5-1)38-25-39(35-21-20-31-14-10-11-19-34(31)24-35)27-40(26-38)36-22-23-37-29-47-44-45-42(32-15-6-2-7-16-32)43(46(44)41(37)28-36)33-17-8-3-9-18-33/h1-28H,29H2. The molecule has 3 heteroatoms. The van der Waals surface area contributed by atoms with Gasteiger partial charge in [-0.2, -0.15) is 0 Å². The van der Waals surface area contributed by atoms with Gasteiger partial charge in [0, 0.05) is 16.9 Å². The summed E-state index contributed by atoms with van der Waals surface area (Å²) >= 11 is 1.81. The van der Waals surface area contributed by atoms with Gasteiger partial charge in [0.25, 0.3) is 0 Å². The van der Waals surface area contributed by atoms with Crippen LogP contribution in [0.5, 0.6) is 0 Å². The first kappa shape index (κ1) is 27.7. The Hall–Kier alpha value is -5.64. The summed E-state index contributed by atoms with van der Waals surface area (Å²) in [5.41, 5.74) is 14.2. The second kappa shape index (κ2) is 11.6. The van der Waals surface area contributed by atoms with Crippen LogP contribution in [0.15, 0.2) is 175 Å². The molecule has 0 unspecified atom stereocenters. The number of thioether (sulfide) groups is 1. The Morgan fingerprint density at radius 3 is 1.68 bits per heavy atom. The number of nitrogens with zero attached hydrogens (tertiary/aromatic N) is 2. The first-order valence-electron chi connectivity index (χ1n) is 16.0. The van der Waals surface area contributed by atoms with E-state index in [1.165, 1.54) is 55.4 Å². The van der Waals surface area contributed by atoms with Crippen molar-refractivity contribution < 1.29 is 0 Å². The van der Waals surface area contributed by atoms with Gasteiger partial charge in [-0.05, 0) is 80.0 Å². The maximum atomic E-state index is 5.26. The summed E-state index contributed by atoms with van der Waals surface area (Å²) in [5, 5.41) is 3.53. The highest BCUT2D eigenvalue weighted by atomic mass is 32.2. The third-order valence-corrected chi connectivity index (χ3v) is 10.1. The number of fused-ring (bicyclic) bond motifs is 4. The van der Waals surface area contributed by atoms with Crippen LogP contribution in [0.25, 0.3) is 72.4 Å². The van der Waals surface area contributed by atoms with E-state index >= 15 is 0 Å². The monoisotopic (exact) mass is 618 g/mol. The average Bonchev–Trinajstić information content (AvgIpc) is 3.56. The summed E-state index contributed by atoms with van der Waals surface area (Å²) in [6, 6.07) is 61.3. The summed E-state index contributed by atoms with van der Waals surface area (Å²) in [5.74, 6) is 0.890. The molecule has 0 bridgehead atoms. The topological polar surface area (TPSA) is 17.8 Å². The van der Waals surface area contributed by atoms with Crippen molar-refractivity contribution in [1.82, 2.24) is 9.55 Å². The minimum atomic E-state index is 0.890. The zero-order valence-corrected chi connectivity index (χ0v) is 26.5. The van der Waals surface area contributed by atoms with Crippen LogP contribution in [-0.4, -0.2) is 9.55 Å². The maximum absolute atomic E-state index is 5.26. The molecule has 0 amide bonds. The molecule has 0 fully saturated rings. The van der Waals surface area contributed by atoms with Gasteiger partial charge in [-0.1, -0.05) is 151 Å². The molecule has 1 aliphatic rings. The SMILES string of the molecule is c1ccc(-c2cc(-c3ccc4c(c3)-n3c(nc(-c5ccccc5)c3-c3ccccc3)SC4)cc(-c3ccc4ccccc4c3)c2)cc1. The van der Waals surface area contributed by atoms with Crippen LogP contribution in [-0.2, 0) is 5.75 Å². The van der Waals surface area contributed by atoms with E-state index in [9.17, 15) is 0 Å². The van der Waals surface area contributed by atoms with Crippen LogP contribution in [0.1, 0.15) is 5.56 Å². The van der Waals surface area contributed by atoms with E-state index in [1.807, 2.05) is 11.8 Å². The molecule has 8 aromatic rings. The van der Waals surface area contributed by atoms with E-state index < -0.39 is 0 Å². The predicted octanol–water partition coefficient (Wildman–Crippen LogP) is 12.0. The zero-order valence-electron chi connectivity index (χ0n) is 25.7. The van der Waals surface area contributed by atoms with Gasteiger partial charge in [0.1, 0.15) is 0 Å². The van der Waals surface area contributed by atoms with E-state index in [-0.39, 0.29) is 0 Å². The number of hydrogen-bond donors (Lipinski definition) is 0. The predicted molar refractivity (Wildman–Crippen MR) is 198 cm³/mol. The van der Waals surface area contributed by atoms with Crippen LogP contribution in [0.4, 0.5) is 0 Å². The molecule has 2 nitrogen and oxygen atoms in total. The average molecular weight is 619 g/mol. The lowest BCUT2D eigenvalue weighted by Gasteiger charge is -2.22.